The molecule has 20 nitrogen and oxygen atoms in total. The van der Waals surface area contributed by atoms with E-state index < -0.39 is 5.54 Å². The lowest BCUT2D eigenvalue weighted by atomic mass is 9.81. The molecule has 0 unspecified atom stereocenters. The lowest BCUT2D eigenvalue weighted by Crippen LogP contribution is -2.55. The van der Waals surface area contributed by atoms with Gasteiger partial charge in [0.15, 0.2) is 39.1 Å². The molecule has 3 saturated heterocycles. The number of imidazole rings is 2. The summed E-state index contributed by atoms with van der Waals surface area (Å²) in [5.74, 6) is 3.38. The first-order valence-corrected chi connectivity index (χ1v) is 38.7. The van der Waals surface area contributed by atoms with Gasteiger partial charge >= 0.3 is 7.12 Å². The number of amides is 2. The van der Waals surface area contributed by atoms with Crippen molar-refractivity contribution in [2.45, 2.75) is 179 Å². The van der Waals surface area contributed by atoms with Crippen molar-refractivity contribution >= 4 is 53.6 Å². The maximum Gasteiger partial charge on any atom is 0.496 e. The van der Waals surface area contributed by atoms with Crippen LogP contribution in [0.1, 0.15) is 163 Å². The van der Waals surface area contributed by atoms with E-state index in [0.29, 0.717) is 85.8 Å². The quantitative estimate of drug-likeness (QED) is 0.0864. The van der Waals surface area contributed by atoms with Gasteiger partial charge in [-0.05, 0) is 192 Å². The number of phenolic OH excluding ortho intramolecular Hbond substituents is 2. The fourth-order valence-corrected chi connectivity index (χ4v) is 20.2. The molecule has 2 amide bonds. The molecule has 550 valence electrons. The highest BCUT2D eigenvalue weighted by Gasteiger charge is 2.52. The number of hydrogen-bond acceptors (Lipinski definition) is 14. The predicted molar refractivity (Wildman–Crippen MR) is 409 cm³/mol. The number of rotatable bonds is 12. The number of carbonyl (C=O) groups excluding carboxylic acids is 2. The van der Waals surface area contributed by atoms with E-state index >= 15 is 0 Å². The van der Waals surface area contributed by atoms with Crippen molar-refractivity contribution in [3.05, 3.63) is 142 Å². The Hall–Kier alpha value is -7.59. The van der Waals surface area contributed by atoms with E-state index in [1.807, 2.05) is 125 Å². The average molecular weight is 1490 g/mol. The third-order valence-electron chi connectivity index (χ3n) is 21.9. The first-order valence-electron chi connectivity index (χ1n) is 36.5. The Morgan fingerprint density at radius 3 is 1.52 bits per heavy atom. The molecule has 103 heavy (non-hydrogen) atoms. The van der Waals surface area contributed by atoms with Crippen molar-refractivity contribution in [2.24, 2.45) is 14.1 Å². The maximum absolute atomic E-state index is 13.7. The number of nitrogens with zero attached hydrogens (tertiary/aromatic N) is 8. The van der Waals surface area contributed by atoms with Gasteiger partial charge in [0.2, 0.25) is 0 Å². The molecule has 8 aromatic rings. The number of ether oxygens (including phenoxy) is 6. The van der Waals surface area contributed by atoms with Crippen molar-refractivity contribution in [3.8, 4) is 68.4 Å². The van der Waals surface area contributed by atoms with Crippen LogP contribution >= 0.6 is 23.9 Å². The maximum atomic E-state index is 13.7. The molecule has 15 rings (SSSR count). The van der Waals surface area contributed by atoms with E-state index in [1.54, 1.807) is 38.8 Å². The Bertz CT molecular complexity index is 4300. The summed E-state index contributed by atoms with van der Waals surface area (Å²) in [7, 11) is 10.1. The summed E-state index contributed by atoms with van der Waals surface area (Å²) in [6, 6.07) is 26.4. The zero-order valence-corrected chi connectivity index (χ0v) is 65.0. The molecular formula is C80H103BBrN8O12P. The van der Waals surface area contributed by atoms with Gasteiger partial charge in [0.1, 0.15) is 17.3 Å². The Labute approximate surface area is 617 Å². The van der Waals surface area contributed by atoms with E-state index in [9.17, 15) is 19.8 Å². The zero-order valence-electron chi connectivity index (χ0n) is 62.6. The summed E-state index contributed by atoms with van der Waals surface area (Å²) in [6.45, 7) is 19.4. The molecule has 2 aliphatic carbocycles. The Balaban J connectivity index is 0.000000133. The molecule has 0 atom stereocenters. The number of aromatic hydroxyl groups is 2. The van der Waals surface area contributed by atoms with Crippen molar-refractivity contribution in [1.29, 1.82) is 0 Å². The van der Waals surface area contributed by atoms with Gasteiger partial charge in [-0.1, -0.05) is 76.8 Å². The molecule has 7 aliphatic rings. The fraction of sp³-hybridized carbons (Fsp3) is 0.500. The van der Waals surface area contributed by atoms with Gasteiger partial charge in [-0.15, -0.1) is 0 Å². The summed E-state index contributed by atoms with van der Waals surface area (Å²) in [5.41, 5.74) is 11.3. The molecule has 4 aromatic heterocycles. The van der Waals surface area contributed by atoms with Gasteiger partial charge < -0.3 is 66.9 Å². The first-order chi connectivity index (χ1) is 49.3. The third-order valence-corrected chi connectivity index (χ3v) is 26.0. The smallest absolute Gasteiger partial charge is 0.496 e. The van der Waals surface area contributed by atoms with Crippen LogP contribution in [0.5, 0.6) is 34.5 Å². The van der Waals surface area contributed by atoms with Crippen LogP contribution in [0.3, 0.4) is 0 Å². The average Bonchev–Trinajstić information content (AvgIpc) is 1.62. The Morgan fingerprint density at radius 2 is 1.05 bits per heavy atom. The van der Waals surface area contributed by atoms with Crippen LogP contribution in [0.4, 0.5) is 0 Å². The summed E-state index contributed by atoms with van der Waals surface area (Å²) in [5, 5.41) is 22.3. The molecule has 9 heterocycles. The summed E-state index contributed by atoms with van der Waals surface area (Å²) < 4.78 is 53.6. The summed E-state index contributed by atoms with van der Waals surface area (Å²) in [4.78, 5) is 40.2. The second-order valence-electron chi connectivity index (χ2n) is 30.3. The van der Waals surface area contributed by atoms with Crippen LogP contribution in [0.2, 0.25) is 0 Å². The number of phenols is 2. The molecule has 0 spiro atoms. The lowest BCUT2D eigenvalue weighted by Gasteiger charge is -2.41. The molecule has 4 aromatic carbocycles. The van der Waals surface area contributed by atoms with Crippen LogP contribution in [0.15, 0.2) is 108 Å². The van der Waals surface area contributed by atoms with Crippen molar-refractivity contribution < 1.29 is 57.5 Å². The highest BCUT2D eigenvalue weighted by Crippen LogP contribution is 2.57. The van der Waals surface area contributed by atoms with E-state index in [1.165, 1.54) is 76.9 Å². The minimum atomic E-state index is -0.406. The molecular weight excluding hydrogens is 1390 g/mol. The highest BCUT2D eigenvalue weighted by molar-refractivity contribution is 9.10. The minimum absolute atomic E-state index is 0.0619. The number of aryl methyl sites for hydroxylation is 4. The third kappa shape index (κ3) is 15.5. The standard InChI is InChI=1S/C26H35O2P.C24H28N4O4.C19H22BrN3O4.C11H18BNO2/c1-27-23-17-11-18-24(28-2)26(23)22-16-9-10-19-25(22)29(20-12-5-3-6-13-20)21-14-7-4-8-15-21;1-24(2)14-32-10-9-27(24)23(30)21-17-6-5-15-11-20(31-4)19(29)12-18(15)28(17)22(25-21)16-7-8-26(3)13-16;1-19(2)10-27-7-6-22(19)17(25)16-12-5-4-11-8-15(26-3)14(24)9-13(11)23(12)18(20)21-16;1-10(2)11(3,4)15-12(14-10)9-6-7-13(5)8-9/h9-11,16-21H,3-8,12-15H2,1-2H3;7-8,11-13,29H,5-6,9-10,14H2,1-4H3;8-9,24H,4-7,10H2,1-3H3;6-8H,1-5H3. The molecule has 5 fully saturated rings. The number of halogens is 1. The highest BCUT2D eigenvalue weighted by atomic mass is 79.9. The van der Waals surface area contributed by atoms with Crippen LogP contribution < -0.4 is 29.7 Å². The van der Waals surface area contributed by atoms with Gasteiger partial charge in [-0.2, -0.15) is 0 Å². The molecule has 0 radical (unpaired) electrons. The van der Waals surface area contributed by atoms with Crippen molar-refractivity contribution in [3.63, 3.8) is 0 Å². The number of fused-ring (bicyclic) bond motifs is 6. The van der Waals surface area contributed by atoms with Crippen LogP contribution in [0, 0.1) is 0 Å². The Morgan fingerprint density at radius 1 is 0.573 bits per heavy atom. The van der Waals surface area contributed by atoms with Gasteiger partial charge in [-0.25, -0.2) is 9.97 Å². The number of aromatic nitrogens is 6. The SMILES string of the molecule is COc1cc2c(cc1O)-n1c(-c3ccn(C)c3)nc(C(=O)N3CCOCC3(C)C)c1CC2.COc1cc2c(cc1O)-n1c(Br)nc(C(=O)N3CCOCC3(C)C)c1CC2.COc1cccc(OC)c1-c1ccccc1P(C1CCCCC1)C1CCCCC1.Cn1ccc(B2OC(C)(C)C(C)(C)O2)c1. The Kier molecular flexibility index (Phi) is 22.8. The van der Waals surface area contributed by atoms with Crippen LogP contribution in [-0.4, -0.2) is 169 Å². The number of benzene rings is 4. The largest absolute Gasteiger partial charge is 0.504 e. The number of morpholine rings is 2. The molecule has 23 heteroatoms. The van der Waals surface area contributed by atoms with Gasteiger partial charge in [0.25, 0.3) is 11.8 Å². The molecule has 2 saturated carbocycles. The second-order valence-corrected chi connectivity index (χ2v) is 33.8. The van der Waals surface area contributed by atoms with Gasteiger partial charge in [0, 0.05) is 75.1 Å². The molecule has 0 bridgehead atoms. The topological polar surface area (TPSA) is 200 Å². The minimum Gasteiger partial charge on any atom is -0.504 e. The number of hydrogen-bond donors (Lipinski definition) is 2. The second kappa shape index (κ2) is 31.2. The zero-order chi connectivity index (χ0) is 73.3. The number of methoxy groups -OCH3 is 4. The van der Waals surface area contributed by atoms with E-state index in [4.69, 9.17) is 42.7 Å². The van der Waals surface area contributed by atoms with Crippen molar-refractivity contribution in [2.75, 3.05) is 68.0 Å². The van der Waals surface area contributed by atoms with Crippen molar-refractivity contribution in [1.82, 2.24) is 38.0 Å². The van der Waals surface area contributed by atoms with E-state index in [-0.39, 0.29) is 55.1 Å². The fourth-order valence-electron chi connectivity index (χ4n) is 15.7. The van der Waals surface area contributed by atoms with Crippen LogP contribution in [0.25, 0.3) is 33.9 Å². The molecule has 5 aliphatic heterocycles. The normalized spacial score (nSPS) is 18.7. The van der Waals surface area contributed by atoms with Gasteiger partial charge in [0.05, 0.1) is 105 Å². The molecule has 2 N–H and O–H groups in total. The summed E-state index contributed by atoms with van der Waals surface area (Å²) in [6.07, 6.45) is 25.0. The van der Waals surface area contributed by atoms with E-state index in [0.717, 1.165) is 86.1 Å². The lowest BCUT2D eigenvalue weighted by molar-refractivity contribution is -0.0375. The predicted octanol–water partition coefficient (Wildman–Crippen LogP) is 14.1. The summed E-state index contributed by atoms with van der Waals surface area (Å²) >= 11 is 3.50. The first kappa shape index (κ1) is 75.1. The van der Waals surface area contributed by atoms with E-state index in [2.05, 4.69) is 85.0 Å². The monoisotopic (exact) mass is 1490 g/mol. The number of carbonyl (C=O) groups is 2. The van der Waals surface area contributed by atoms with Crippen LogP contribution in [-0.2, 0) is 58.6 Å². The van der Waals surface area contributed by atoms with Gasteiger partial charge in [-0.3, -0.25) is 18.7 Å².